The average Bonchev–Trinajstić information content (AvgIpc) is 3.80. The molecule has 38 heavy (non-hydrogen) atoms. The van der Waals surface area contributed by atoms with Crippen LogP contribution in [0.4, 0.5) is 10.2 Å². The third kappa shape index (κ3) is 6.27. The molecule has 198 valence electrons. The number of anilines is 1. The van der Waals surface area contributed by atoms with Crippen LogP contribution in [0.1, 0.15) is 29.6 Å². The summed E-state index contributed by atoms with van der Waals surface area (Å²) >= 11 is 0. The van der Waals surface area contributed by atoms with E-state index in [2.05, 4.69) is 15.1 Å². The zero-order chi connectivity index (χ0) is 26.5. The molecule has 1 saturated carbocycles. The van der Waals surface area contributed by atoms with E-state index in [0.717, 1.165) is 37.2 Å². The molecule has 2 aliphatic rings. The highest BCUT2D eigenvalue weighted by Crippen LogP contribution is 2.30. The fraction of sp³-hybridized carbons (Fsp3) is 0.379. The van der Waals surface area contributed by atoms with Crippen molar-refractivity contribution in [2.75, 3.05) is 51.3 Å². The zero-order valence-corrected chi connectivity index (χ0v) is 21.6. The molecule has 2 amide bonds. The molecule has 2 fully saturated rings. The molecule has 0 radical (unpaired) electrons. The molecule has 1 saturated heterocycles. The highest BCUT2D eigenvalue weighted by Gasteiger charge is 2.30. The Bertz CT molecular complexity index is 1250. The van der Waals surface area contributed by atoms with Crippen LogP contribution in [-0.4, -0.2) is 78.2 Å². The second-order valence-corrected chi connectivity index (χ2v) is 9.86. The first-order valence-corrected chi connectivity index (χ1v) is 13.1. The number of hydrogen-bond donors (Lipinski definition) is 0. The van der Waals surface area contributed by atoms with Gasteiger partial charge in [-0.15, -0.1) is 10.2 Å². The molecule has 0 unspecified atom stereocenters. The topological polar surface area (TPSA) is 78.9 Å². The van der Waals surface area contributed by atoms with E-state index in [1.165, 1.54) is 12.1 Å². The predicted octanol–water partition coefficient (Wildman–Crippen LogP) is 3.88. The molecule has 9 heteroatoms. The van der Waals surface area contributed by atoms with Crippen molar-refractivity contribution in [3.8, 4) is 17.0 Å². The summed E-state index contributed by atoms with van der Waals surface area (Å²) in [5, 5.41) is 8.71. The van der Waals surface area contributed by atoms with Gasteiger partial charge >= 0.3 is 0 Å². The SMILES string of the molecule is COc1ccc(C(=O)N(CC(=O)N2CCCN(c3ccc(-c4ccc(F)cc4)nn3)CC2)CC2CC2)cc1. The smallest absolute Gasteiger partial charge is 0.254 e. The maximum atomic E-state index is 13.3. The lowest BCUT2D eigenvalue weighted by Gasteiger charge is -2.27. The summed E-state index contributed by atoms with van der Waals surface area (Å²) in [6, 6.07) is 17.0. The molecule has 1 aliphatic carbocycles. The van der Waals surface area contributed by atoms with Gasteiger partial charge in [0.2, 0.25) is 5.91 Å². The second kappa shape index (κ2) is 11.6. The minimum atomic E-state index is -0.289. The van der Waals surface area contributed by atoms with Crippen molar-refractivity contribution in [2.45, 2.75) is 19.3 Å². The Hall–Kier alpha value is -4.01. The third-order valence-corrected chi connectivity index (χ3v) is 7.09. The molecule has 1 aliphatic heterocycles. The summed E-state index contributed by atoms with van der Waals surface area (Å²) in [5.74, 6) is 1.46. The normalized spacial score (nSPS) is 15.6. The summed E-state index contributed by atoms with van der Waals surface area (Å²) in [4.78, 5) is 32.2. The number of ether oxygens (including phenoxy) is 1. The standard InChI is InChI=1S/C29H32FN5O3/c1-38-25-11-7-23(8-12-25)29(37)35(19-21-3-4-21)20-28(36)34-16-2-15-33(17-18-34)27-14-13-26(31-32-27)22-5-9-24(30)10-6-22/h5-14,21H,2-4,15-20H2,1H3. The molecule has 3 aromatic rings. The molecular formula is C29H32FN5O3. The Morgan fingerprint density at radius 1 is 0.947 bits per heavy atom. The predicted molar refractivity (Wildman–Crippen MR) is 142 cm³/mol. The summed E-state index contributed by atoms with van der Waals surface area (Å²) in [7, 11) is 1.59. The highest BCUT2D eigenvalue weighted by atomic mass is 19.1. The van der Waals surface area contributed by atoms with Crippen LogP contribution in [0.2, 0.25) is 0 Å². The largest absolute Gasteiger partial charge is 0.497 e. The van der Waals surface area contributed by atoms with E-state index < -0.39 is 0 Å². The van der Waals surface area contributed by atoms with Crippen molar-refractivity contribution in [1.29, 1.82) is 0 Å². The van der Waals surface area contributed by atoms with Crippen LogP contribution in [0.25, 0.3) is 11.3 Å². The fourth-order valence-corrected chi connectivity index (χ4v) is 4.68. The van der Waals surface area contributed by atoms with Crippen LogP contribution in [0.15, 0.2) is 60.7 Å². The first kappa shape index (κ1) is 25.6. The van der Waals surface area contributed by atoms with E-state index in [1.54, 1.807) is 48.4 Å². The Morgan fingerprint density at radius 3 is 2.37 bits per heavy atom. The zero-order valence-electron chi connectivity index (χ0n) is 21.6. The maximum Gasteiger partial charge on any atom is 0.254 e. The first-order valence-electron chi connectivity index (χ1n) is 13.1. The Morgan fingerprint density at radius 2 is 1.71 bits per heavy atom. The fourth-order valence-electron chi connectivity index (χ4n) is 4.68. The second-order valence-electron chi connectivity index (χ2n) is 9.86. The number of rotatable bonds is 8. The molecule has 0 spiro atoms. The minimum Gasteiger partial charge on any atom is -0.497 e. The van der Waals surface area contributed by atoms with Crippen molar-refractivity contribution in [3.05, 3.63) is 72.0 Å². The first-order chi connectivity index (χ1) is 18.5. The van der Waals surface area contributed by atoms with Crippen molar-refractivity contribution in [3.63, 3.8) is 0 Å². The highest BCUT2D eigenvalue weighted by molar-refractivity contribution is 5.96. The average molecular weight is 518 g/mol. The Balaban J connectivity index is 1.20. The summed E-state index contributed by atoms with van der Waals surface area (Å²) in [5.41, 5.74) is 2.04. The van der Waals surface area contributed by atoms with Crippen LogP contribution in [-0.2, 0) is 4.79 Å². The van der Waals surface area contributed by atoms with Gasteiger partial charge in [0.1, 0.15) is 18.1 Å². The Kier molecular flexibility index (Phi) is 7.81. The van der Waals surface area contributed by atoms with E-state index in [4.69, 9.17) is 4.74 Å². The molecule has 8 nitrogen and oxygen atoms in total. The Labute approximate surface area is 222 Å². The van der Waals surface area contributed by atoms with Gasteiger partial charge in [-0.1, -0.05) is 0 Å². The molecule has 0 N–H and O–H groups in total. The molecule has 0 bridgehead atoms. The molecule has 2 heterocycles. The van der Waals surface area contributed by atoms with Crippen molar-refractivity contribution < 1.29 is 18.7 Å². The van der Waals surface area contributed by atoms with Gasteiger partial charge in [0.25, 0.3) is 5.91 Å². The number of halogens is 1. The van der Waals surface area contributed by atoms with Crippen LogP contribution in [0.5, 0.6) is 5.75 Å². The number of carbonyl (C=O) groups excluding carboxylic acids is 2. The van der Waals surface area contributed by atoms with E-state index >= 15 is 0 Å². The number of amides is 2. The number of hydrogen-bond acceptors (Lipinski definition) is 6. The molecule has 1 aromatic heterocycles. The summed E-state index contributed by atoms with van der Waals surface area (Å²) in [6.07, 6.45) is 2.99. The van der Waals surface area contributed by atoms with Crippen molar-refractivity contribution >= 4 is 17.6 Å². The van der Waals surface area contributed by atoms with E-state index in [-0.39, 0.29) is 24.2 Å². The van der Waals surface area contributed by atoms with Gasteiger partial charge in [0.15, 0.2) is 5.82 Å². The van der Waals surface area contributed by atoms with Gasteiger partial charge in [-0.2, -0.15) is 0 Å². The van der Waals surface area contributed by atoms with Gasteiger partial charge in [-0.25, -0.2) is 4.39 Å². The lowest BCUT2D eigenvalue weighted by molar-refractivity contribution is -0.131. The van der Waals surface area contributed by atoms with Crippen LogP contribution in [0, 0.1) is 11.7 Å². The maximum absolute atomic E-state index is 13.3. The summed E-state index contributed by atoms with van der Waals surface area (Å²) in [6.45, 7) is 3.25. The quantitative estimate of drug-likeness (QED) is 0.451. The van der Waals surface area contributed by atoms with Crippen molar-refractivity contribution in [1.82, 2.24) is 20.0 Å². The van der Waals surface area contributed by atoms with E-state index in [1.807, 2.05) is 17.0 Å². The number of carbonyl (C=O) groups is 2. The number of aromatic nitrogens is 2. The van der Waals surface area contributed by atoms with E-state index in [9.17, 15) is 14.0 Å². The third-order valence-electron chi connectivity index (χ3n) is 7.09. The van der Waals surface area contributed by atoms with Crippen LogP contribution < -0.4 is 9.64 Å². The van der Waals surface area contributed by atoms with Gasteiger partial charge in [0, 0.05) is 43.9 Å². The van der Waals surface area contributed by atoms with Gasteiger partial charge in [-0.05, 0) is 85.8 Å². The van der Waals surface area contributed by atoms with Gasteiger partial charge in [0.05, 0.1) is 12.8 Å². The van der Waals surface area contributed by atoms with Crippen molar-refractivity contribution in [2.24, 2.45) is 5.92 Å². The number of benzene rings is 2. The molecule has 0 atom stereocenters. The summed E-state index contributed by atoms with van der Waals surface area (Å²) < 4.78 is 18.4. The van der Waals surface area contributed by atoms with E-state index in [0.29, 0.717) is 49.1 Å². The van der Waals surface area contributed by atoms with Gasteiger partial charge < -0.3 is 19.4 Å². The number of methoxy groups -OCH3 is 1. The molecule has 5 rings (SSSR count). The minimum absolute atomic E-state index is 0.0351. The number of nitrogens with zero attached hydrogens (tertiary/aromatic N) is 5. The molecular weight excluding hydrogens is 485 g/mol. The lowest BCUT2D eigenvalue weighted by atomic mass is 10.1. The monoisotopic (exact) mass is 517 g/mol. The van der Waals surface area contributed by atoms with Crippen LogP contribution in [0.3, 0.4) is 0 Å². The molecule has 2 aromatic carbocycles. The van der Waals surface area contributed by atoms with Crippen LogP contribution >= 0.6 is 0 Å². The lowest BCUT2D eigenvalue weighted by Crippen LogP contribution is -2.45. The van der Waals surface area contributed by atoms with Gasteiger partial charge in [-0.3, -0.25) is 9.59 Å².